The van der Waals surface area contributed by atoms with E-state index in [0.717, 1.165) is 6.42 Å². The Morgan fingerprint density at radius 3 is 2.65 bits per heavy atom. The first-order chi connectivity index (χ1) is 8.00. The second kappa shape index (κ2) is 6.24. The normalized spacial score (nSPS) is 11.6. The van der Waals surface area contributed by atoms with E-state index in [1.807, 2.05) is 0 Å². The van der Waals surface area contributed by atoms with E-state index in [2.05, 4.69) is 45.0 Å². The molecule has 0 atom stereocenters. The average molecular weight is 232 g/mol. The number of aryl methyl sites for hydroxylation is 2. The molecule has 0 aliphatic carbocycles. The molecular formula is C15H20O2. The molecule has 0 heterocycles. The molecule has 2 heteroatoms. The van der Waals surface area contributed by atoms with Crippen molar-refractivity contribution in [3.8, 4) is 0 Å². The van der Waals surface area contributed by atoms with Gasteiger partial charge in [0.15, 0.2) is 0 Å². The molecule has 0 radical (unpaired) electrons. The highest BCUT2D eigenvalue weighted by Gasteiger charge is 2.01. The fourth-order valence-corrected chi connectivity index (χ4v) is 1.94. The van der Waals surface area contributed by atoms with Crippen LogP contribution in [0.25, 0.3) is 5.57 Å². The monoisotopic (exact) mass is 232 g/mol. The fraction of sp³-hybridized carbons (Fsp3) is 0.400. The van der Waals surface area contributed by atoms with Gasteiger partial charge in [0.1, 0.15) is 0 Å². The first-order valence-corrected chi connectivity index (χ1v) is 5.97. The van der Waals surface area contributed by atoms with Crippen LogP contribution >= 0.6 is 0 Å². The van der Waals surface area contributed by atoms with Crippen molar-refractivity contribution in [2.75, 3.05) is 0 Å². The van der Waals surface area contributed by atoms with Crippen molar-refractivity contribution >= 4 is 11.5 Å². The number of hydrogen-bond acceptors (Lipinski definition) is 1. The summed E-state index contributed by atoms with van der Waals surface area (Å²) in [6, 6.07) is 6.41. The zero-order valence-electron chi connectivity index (χ0n) is 10.8. The summed E-state index contributed by atoms with van der Waals surface area (Å²) in [6.45, 7) is 6.28. The molecule has 0 aliphatic heterocycles. The Balaban J connectivity index is 2.65. The van der Waals surface area contributed by atoms with E-state index in [4.69, 9.17) is 5.11 Å². The van der Waals surface area contributed by atoms with E-state index in [0.29, 0.717) is 6.42 Å². The van der Waals surface area contributed by atoms with Crippen LogP contribution in [-0.2, 0) is 4.79 Å². The van der Waals surface area contributed by atoms with Crippen molar-refractivity contribution in [1.29, 1.82) is 0 Å². The van der Waals surface area contributed by atoms with Gasteiger partial charge in [-0.05, 0) is 50.3 Å². The second-order valence-corrected chi connectivity index (χ2v) is 4.49. The van der Waals surface area contributed by atoms with Gasteiger partial charge in [-0.15, -0.1) is 0 Å². The predicted molar refractivity (Wildman–Crippen MR) is 71.1 cm³/mol. The molecule has 2 nitrogen and oxygen atoms in total. The molecule has 0 spiro atoms. The lowest BCUT2D eigenvalue weighted by Crippen LogP contribution is -1.93. The van der Waals surface area contributed by atoms with Crippen LogP contribution in [0.15, 0.2) is 24.3 Å². The molecule has 0 fully saturated rings. The summed E-state index contributed by atoms with van der Waals surface area (Å²) >= 11 is 0. The highest BCUT2D eigenvalue weighted by molar-refractivity contribution is 5.68. The van der Waals surface area contributed by atoms with Gasteiger partial charge in [0.05, 0.1) is 0 Å². The quantitative estimate of drug-likeness (QED) is 0.780. The Kier molecular flexibility index (Phi) is 4.95. The molecule has 1 rings (SSSR count). The van der Waals surface area contributed by atoms with Gasteiger partial charge in [-0.2, -0.15) is 0 Å². The van der Waals surface area contributed by atoms with Crippen molar-refractivity contribution < 1.29 is 9.90 Å². The summed E-state index contributed by atoms with van der Waals surface area (Å²) in [5, 5.41) is 8.55. The third kappa shape index (κ3) is 4.43. The summed E-state index contributed by atoms with van der Waals surface area (Å²) in [5.74, 6) is -0.720. The number of benzene rings is 1. The van der Waals surface area contributed by atoms with Gasteiger partial charge in [0.2, 0.25) is 0 Å². The second-order valence-electron chi connectivity index (χ2n) is 4.49. The topological polar surface area (TPSA) is 37.3 Å². The van der Waals surface area contributed by atoms with Gasteiger partial charge < -0.3 is 5.11 Å². The van der Waals surface area contributed by atoms with Crippen molar-refractivity contribution in [3.05, 3.63) is 41.0 Å². The molecule has 0 amide bonds. The third-order valence-corrected chi connectivity index (χ3v) is 2.85. The van der Waals surface area contributed by atoms with Crippen LogP contribution in [0.2, 0.25) is 0 Å². The smallest absolute Gasteiger partial charge is 0.303 e. The van der Waals surface area contributed by atoms with Gasteiger partial charge in [0, 0.05) is 6.42 Å². The largest absolute Gasteiger partial charge is 0.481 e. The Morgan fingerprint density at radius 2 is 2.06 bits per heavy atom. The van der Waals surface area contributed by atoms with E-state index < -0.39 is 5.97 Å². The summed E-state index contributed by atoms with van der Waals surface area (Å²) in [7, 11) is 0. The lowest BCUT2D eigenvalue weighted by atomic mass is 9.98. The van der Waals surface area contributed by atoms with E-state index in [-0.39, 0.29) is 6.42 Å². The molecule has 92 valence electrons. The number of aliphatic carboxylic acids is 1. The third-order valence-electron chi connectivity index (χ3n) is 2.85. The van der Waals surface area contributed by atoms with E-state index in [9.17, 15) is 4.79 Å². The number of carboxylic acid groups (broad SMARTS) is 1. The molecule has 0 bridgehead atoms. The first-order valence-electron chi connectivity index (χ1n) is 5.97. The van der Waals surface area contributed by atoms with E-state index in [1.165, 1.54) is 22.3 Å². The van der Waals surface area contributed by atoms with Gasteiger partial charge >= 0.3 is 5.97 Å². The number of rotatable bonds is 5. The van der Waals surface area contributed by atoms with Gasteiger partial charge in [-0.3, -0.25) is 4.79 Å². The molecule has 1 aromatic carbocycles. The number of carbonyl (C=O) groups is 1. The SMILES string of the molecule is C/C(=C\CCCC(=O)O)c1ccc(C)cc1C. The Labute approximate surface area is 103 Å². The molecule has 0 aliphatic rings. The van der Waals surface area contributed by atoms with Crippen molar-refractivity contribution in [2.24, 2.45) is 0 Å². The van der Waals surface area contributed by atoms with E-state index >= 15 is 0 Å². The number of allylic oxidation sites excluding steroid dienone is 2. The maximum atomic E-state index is 10.4. The van der Waals surface area contributed by atoms with Crippen LogP contribution in [0.1, 0.15) is 42.9 Å². The van der Waals surface area contributed by atoms with Crippen molar-refractivity contribution in [1.82, 2.24) is 0 Å². The molecule has 1 aromatic rings. The Morgan fingerprint density at radius 1 is 1.35 bits per heavy atom. The minimum atomic E-state index is -0.720. The maximum Gasteiger partial charge on any atom is 0.303 e. The molecule has 0 saturated carbocycles. The fourth-order valence-electron chi connectivity index (χ4n) is 1.94. The average Bonchev–Trinajstić information content (AvgIpc) is 2.23. The van der Waals surface area contributed by atoms with Crippen LogP contribution < -0.4 is 0 Å². The predicted octanol–water partition coefficient (Wildman–Crippen LogP) is 3.96. The van der Waals surface area contributed by atoms with Crippen molar-refractivity contribution in [3.63, 3.8) is 0 Å². The molecular weight excluding hydrogens is 212 g/mol. The first kappa shape index (κ1) is 13.5. The molecule has 0 aromatic heterocycles. The summed E-state index contributed by atoms with van der Waals surface area (Å²) in [6.07, 6.45) is 3.90. The lowest BCUT2D eigenvalue weighted by Gasteiger charge is -2.07. The van der Waals surface area contributed by atoms with Gasteiger partial charge in [-0.1, -0.05) is 29.8 Å². The molecule has 0 unspecified atom stereocenters. The zero-order chi connectivity index (χ0) is 12.8. The minimum absolute atomic E-state index is 0.247. The van der Waals surface area contributed by atoms with Crippen LogP contribution in [0.5, 0.6) is 0 Å². The van der Waals surface area contributed by atoms with E-state index in [1.54, 1.807) is 0 Å². The highest BCUT2D eigenvalue weighted by atomic mass is 16.4. The lowest BCUT2D eigenvalue weighted by molar-refractivity contribution is -0.137. The summed E-state index contributed by atoms with van der Waals surface area (Å²) < 4.78 is 0. The van der Waals surface area contributed by atoms with Crippen LogP contribution in [0.4, 0.5) is 0 Å². The van der Waals surface area contributed by atoms with Gasteiger partial charge in [-0.25, -0.2) is 0 Å². The highest BCUT2D eigenvalue weighted by Crippen LogP contribution is 2.20. The number of hydrogen-bond donors (Lipinski definition) is 1. The minimum Gasteiger partial charge on any atom is -0.481 e. The number of unbranched alkanes of at least 4 members (excludes halogenated alkanes) is 1. The van der Waals surface area contributed by atoms with Crippen LogP contribution in [-0.4, -0.2) is 11.1 Å². The summed E-state index contributed by atoms with van der Waals surface area (Å²) in [4.78, 5) is 10.4. The molecule has 1 N–H and O–H groups in total. The maximum absolute atomic E-state index is 10.4. The van der Waals surface area contributed by atoms with Gasteiger partial charge in [0.25, 0.3) is 0 Å². The standard InChI is InChI=1S/C15H20O2/c1-11-8-9-14(13(3)10-11)12(2)6-4-5-7-15(16)17/h6,8-10H,4-5,7H2,1-3H3,(H,16,17)/b12-6+. The Bertz CT molecular complexity index is 431. The van der Waals surface area contributed by atoms with Crippen molar-refractivity contribution in [2.45, 2.75) is 40.0 Å². The number of carboxylic acids is 1. The molecule has 17 heavy (non-hydrogen) atoms. The Hall–Kier alpha value is -1.57. The zero-order valence-corrected chi connectivity index (χ0v) is 10.8. The summed E-state index contributed by atoms with van der Waals surface area (Å²) in [5.41, 5.74) is 5.03. The van der Waals surface area contributed by atoms with Crippen LogP contribution in [0.3, 0.4) is 0 Å². The van der Waals surface area contributed by atoms with Crippen LogP contribution in [0, 0.1) is 13.8 Å². The molecule has 0 saturated heterocycles.